The van der Waals surface area contributed by atoms with E-state index < -0.39 is 11.9 Å². The molecule has 0 saturated carbocycles. The molecule has 3 rings (SSSR count). The zero-order chi connectivity index (χ0) is 18.7. The van der Waals surface area contributed by atoms with Gasteiger partial charge in [0.25, 0.3) is 0 Å². The fourth-order valence-electron chi connectivity index (χ4n) is 2.38. The Labute approximate surface area is 157 Å². The van der Waals surface area contributed by atoms with E-state index >= 15 is 0 Å². The van der Waals surface area contributed by atoms with Crippen molar-refractivity contribution >= 4 is 51.9 Å². The van der Waals surface area contributed by atoms with Gasteiger partial charge in [-0.3, -0.25) is 9.69 Å². The minimum atomic E-state index is -0.555. The van der Waals surface area contributed by atoms with Crippen molar-refractivity contribution in [2.24, 2.45) is 0 Å². The van der Waals surface area contributed by atoms with Gasteiger partial charge in [0, 0.05) is 5.56 Å². The van der Waals surface area contributed by atoms with Crippen molar-refractivity contribution in [3.05, 3.63) is 24.0 Å². The second-order valence-electron chi connectivity index (χ2n) is 5.39. The van der Waals surface area contributed by atoms with Crippen LogP contribution in [0.1, 0.15) is 6.92 Å². The Hall–Kier alpha value is -2.66. The van der Waals surface area contributed by atoms with E-state index in [2.05, 4.69) is 20.8 Å². The number of thiocarbonyl (C=S) groups is 1. The van der Waals surface area contributed by atoms with Crippen molar-refractivity contribution in [1.29, 1.82) is 0 Å². The van der Waals surface area contributed by atoms with Gasteiger partial charge in [0.1, 0.15) is 11.9 Å². The van der Waals surface area contributed by atoms with Gasteiger partial charge in [0.15, 0.2) is 5.01 Å². The van der Waals surface area contributed by atoms with Crippen LogP contribution in [-0.2, 0) is 9.53 Å². The number of hydrogen-bond acceptors (Lipinski definition) is 7. The Morgan fingerprint density at radius 2 is 2.35 bits per heavy atom. The van der Waals surface area contributed by atoms with Gasteiger partial charge in [-0.15, -0.1) is 10.2 Å². The monoisotopic (exact) mass is 395 g/mol. The first-order chi connectivity index (χ1) is 12.5. The Kier molecular flexibility index (Phi) is 5.38. The van der Waals surface area contributed by atoms with Crippen LogP contribution < -0.4 is 15.5 Å². The van der Waals surface area contributed by atoms with Crippen LogP contribution >= 0.6 is 23.6 Å². The van der Waals surface area contributed by atoms with E-state index in [0.29, 0.717) is 35.2 Å². The van der Waals surface area contributed by atoms with Crippen molar-refractivity contribution in [1.82, 2.24) is 15.5 Å². The molecule has 1 saturated heterocycles. The maximum absolute atomic E-state index is 14.5. The van der Waals surface area contributed by atoms with Crippen LogP contribution in [0, 0.1) is 5.82 Å². The van der Waals surface area contributed by atoms with E-state index in [1.807, 2.05) is 0 Å². The summed E-state index contributed by atoms with van der Waals surface area (Å²) in [7, 11) is 0. The number of ether oxygens (including phenoxy) is 1. The number of aromatic nitrogens is 2. The number of anilines is 2. The van der Waals surface area contributed by atoms with Crippen LogP contribution in [0.25, 0.3) is 10.6 Å². The second kappa shape index (κ2) is 7.70. The number of nitrogens with one attached hydrogen (secondary N) is 2. The fourth-order valence-corrected chi connectivity index (χ4v) is 3.19. The number of nitrogens with zero attached hydrogens (tertiary/aromatic N) is 3. The number of hydrogen-bond donors (Lipinski definition) is 2. The van der Waals surface area contributed by atoms with E-state index in [-0.39, 0.29) is 16.8 Å². The fraction of sp³-hybridized carbons (Fsp3) is 0.267. The smallest absolute Gasteiger partial charge is 0.414 e. The van der Waals surface area contributed by atoms with Crippen molar-refractivity contribution in [2.75, 3.05) is 23.3 Å². The van der Waals surface area contributed by atoms with E-state index in [9.17, 15) is 14.0 Å². The second-order valence-corrected chi connectivity index (χ2v) is 6.98. The summed E-state index contributed by atoms with van der Waals surface area (Å²) in [6.45, 7) is 2.43. The molecule has 2 heterocycles. The largest absolute Gasteiger partial charge is 0.442 e. The van der Waals surface area contributed by atoms with Crippen LogP contribution in [0.2, 0.25) is 0 Å². The van der Waals surface area contributed by atoms with Crippen molar-refractivity contribution in [3.8, 4) is 10.6 Å². The lowest BCUT2D eigenvalue weighted by molar-refractivity contribution is -0.105. The molecule has 1 aliphatic heterocycles. The summed E-state index contributed by atoms with van der Waals surface area (Å²) in [5.74, 6) is -0.555. The van der Waals surface area contributed by atoms with E-state index in [4.69, 9.17) is 17.0 Å². The first kappa shape index (κ1) is 18.1. The highest BCUT2D eigenvalue weighted by Gasteiger charge is 2.32. The van der Waals surface area contributed by atoms with Gasteiger partial charge in [0.2, 0.25) is 11.5 Å². The van der Waals surface area contributed by atoms with Crippen LogP contribution in [0.15, 0.2) is 18.2 Å². The molecule has 136 valence electrons. The zero-order valence-corrected chi connectivity index (χ0v) is 15.2. The average molecular weight is 395 g/mol. The lowest BCUT2D eigenvalue weighted by Crippen LogP contribution is -2.32. The minimum Gasteiger partial charge on any atom is -0.442 e. The molecule has 1 atom stereocenters. The van der Waals surface area contributed by atoms with Crippen molar-refractivity contribution < 1.29 is 18.7 Å². The average Bonchev–Trinajstić information content (AvgIpc) is 3.20. The molecule has 2 N–H and O–H groups in total. The predicted octanol–water partition coefficient (Wildman–Crippen LogP) is 2.17. The molecule has 2 amide bonds. The third kappa shape index (κ3) is 3.94. The lowest BCUT2D eigenvalue weighted by Gasteiger charge is -2.14. The number of halogens is 1. The van der Waals surface area contributed by atoms with Crippen LogP contribution in [0.5, 0.6) is 0 Å². The molecule has 1 aromatic carbocycles. The molecule has 11 heteroatoms. The van der Waals surface area contributed by atoms with Gasteiger partial charge in [0.05, 0.1) is 23.8 Å². The maximum Gasteiger partial charge on any atom is 0.414 e. The Balaban J connectivity index is 1.75. The zero-order valence-electron chi connectivity index (χ0n) is 13.6. The van der Waals surface area contributed by atoms with Crippen LogP contribution in [0.3, 0.4) is 0 Å². The molecule has 2 aromatic rings. The summed E-state index contributed by atoms with van der Waals surface area (Å²) in [6, 6.07) is 4.36. The molecule has 1 aromatic heterocycles. The molecule has 1 fully saturated rings. The molecule has 0 aliphatic carbocycles. The molecule has 0 bridgehead atoms. The third-order valence-electron chi connectivity index (χ3n) is 3.55. The molecular weight excluding hydrogens is 381 g/mol. The Bertz CT molecular complexity index is 860. The SMILES string of the molecule is CC(=S)NC[C@H]1CN(c2ccc(-c3nnc(NC=O)s3)c(F)c2)C(=O)O1. The number of amides is 2. The maximum atomic E-state index is 14.5. The van der Waals surface area contributed by atoms with E-state index in [0.717, 1.165) is 11.3 Å². The highest BCUT2D eigenvalue weighted by atomic mass is 32.1. The van der Waals surface area contributed by atoms with Gasteiger partial charge in [-0.2, -0.15) is 0 Å². The van der Waals surface area contributed by atoms with Gasteiger partial charge >= 0.3 is 6.09 Å². The normalized spacial score (nSPS) is 16.3. The standard InChI is InChI=1S/C15H14FN5O3S2/c1-8(25)17-5-10-6-21(15(23)24-10)9-2-3-11(12(16)4-9)13-19-20-14(26-13)18-7-22/h2-4,7,10H,5-6H2,1H3,(H,17,25)(H,18,20,22)/t10-/m0/s1. The molecule has 26 heavy (non-hydrogen) atoms. The number of benzene rings is 1. The Morgan fingerprint density at radius 1 is 1.54 bits per heavy atom. The molecule has 0 unspecified atom stereocenters. The molecule has 0 spiro atoms. The minimum absolute atomic E-state index is 0.229. The van der Waals surface area contributed by atoms with Gasteiger partial charge in [-0.05, 0) is 25.1 Å². The quantitative estimate of drug-likeness (QED) is 0.572. The number of cyclic esters (lactones) is 1. The Morgan fingerprint density at radius 3 is 3.04 bits per heavy atom. The van der Waals surface area contributed by atoms with Crippen LogP contribution in [0.4, 0.5) is 20.0 Å². The van der Waals surface area contributed by atoms with Gasteiger partial charge < -0.3 is 15.4 Å². The topological polar surface area (TPSA) is 96.5 Å². The highest BCUT2D eigenvalue weighted by molar-refractivity contribution is 7.80. The molecule has 1 aliphatic rings. The van der Waals surface area contributed by atoms with E-state index in [1.165, 1.54) is 17.0 Å². The summed E-state index contributed by atoms with van der Waals surface area (Å²) in [6.07, 6.45) is -0.443. The summed E-state index contributed by atoms with van der Waals surface area (Å²) in [4.78, 5) is 24.4. The van der Waals surface area contributed by atoms with E-state index in [1.54, 1.807) is 13.0 Å². The number of rotatable bonds is 6. The summed E-state index contributed by atoms with van der Waals surface area (Å²) < 4.78 is 19.7. The first-order valence-corrected chi connectivity index (χ1v) is 8.76. The van der Waals surface area contributed by atoms with Crippen LogP contribution in [-0.4, -0.2) is 46.9 Å². The van der Waals surface area contributed by atoms with Crippen molar-refractivity contribution in [3.63, 3.8) is 0 Å². The highest BCUT2D eigenvalue weighted by Crippen LogP contribution is 2.31. The summed E-state index contributed by atoms with van der Waals surface area (Å²) in [5.41, 5.74) is 0.612. The number of carbonyl (C=O) groups excluding carboxylic acids is 2. The van der Waals surface area contributed by atoms with Gasteiger partial charge in [-0.1, -0.05) is 23.6 Å². The molecular formula is C15H14FN5O3S2. The first-order valence-electron chi connectivity index (χ1n) is 7.54. The number of carbonyl (C=O) groups is 2. The summed E-state index contributed by atoms with van der Waals surface area (Å²) in [5, 5.41) is 13.5. The molecule has 8 nitrogen and oxygen atoms in total. The third-order valence-corrected chi connectivity index (χ3v) is 4.59. The van der Waals surface area contributed by atoms with Gasteiger partial charge in [-0.25, -0.2) is 9.18 Å². The summed E-state index contributed by atoms with van der Waals surface area (Å²) >= 11 is 5.97. The molecule has 0 radical (unpaired) electrons. The van der Waals surface area contributed by atoms with Crippen molar-refractivity contribution in [2.45, 2.75) is 13.0 Å². The lowest BCUT2D eigenvalue weighted by atomic mass is 10.2. The predicted molar refractivity (Wildman–Crippen MR) is 98.9 cm³/mol.